The van der Waals surface area contributed by atoms with Gasteiger partial charge in [-0.05, 0) is 67.1 Å². The molecule has 1 N–H and O–H groups in total. The maximum Gasteiger partial charge on any atom is 0.270 e. The Kier molecular flexibility index (Phi) is 9.01. The number of pyridine rings is 1. The van der Waals surface area contributed by atoms with E-state index in [-0.39, 0.29) is 35.8 Å². The SMILES string of the molecule is COc1ccccc1-c1cc(C2CCCN(C(=O)CCn3ccnn3)C2)c(F)c2[nH]c(C(=O)N3CCN(c4ncccc4OC4CC4)CC3)cc12. The van der Waals surface area contributed by atoms with Gasteiger partial charge in [0.15, 0.2) is 17.4 Å². The van der Waals surface area contributed by atoms with Crippen LogP contribution >= 0.6 is 0 Å². The average Bonchev–Trinajstić information content (AvgIpc) is 3.62. The van der Waals surface area contributed by atoms with Gasteiger partial charge in [0.25, 0.3) is 5.91 Å². The Morgan fingerprint density at radius 1 is 0.941 bits per heavy atom. The van der Waals surface area contributed by atoms with Crippen LogP contribution in [0, 0.1) is 5.82 Å². The molecule has 0 bridgehead atoms. The van der Waals surface area contributed by atoms with Crippen LogP contribution in [0.5, 0.6) is 11.5 Å². The normalized spacial score (nSPS) is 17.9. The number of carbonyl (C=O) groups is 2. The number of aromatic amines is 1. The van der Waals surface area contributed by atoms with E-state index in [1.165, 1.54) is 0 Å². The third-order valence-electron chi connectivity index (χ3n) is 10.2. The average molecular weight is 693 g/mol. The summed E-state index contributed by atoms with van der Waals surface area (Å²) in [5.41, 5.74) is 2.70. The number of H-pyrrole nitrogens is 1. The van der Waals surface area contributed by atoms with E-state index in [1.54, 1.807) is 41.3 Å². The lowest BCUT2D eigenvalue weighted by Crippen LogP contribution is -2.49. The minimum Gasteiger partial charge on any atom is -0.496 e. The predicted octanol–water partition coefficient (Wildman–Crippen LogP) is 5.27. The van der Waals surface area contributed by atoms with Crippen LogP contribution in [0.15, 0.2) is 67.1 Å². The van der Waals surface area contributed by atoms with Crippen molar-refractivity contribution in [2.45, 2.75) is 50.7 Å². The van der Waals surface area contributed by atoms with E-state index in [4.69, 9.17) is 9.47 Å². The van der Waals surface area contributed by atoms with Gasteiger partial charge < -0.3 is 29.2 Å². The lowest BCUT2D eigenvalue weighted by molar-refractivity contribution is -0.132. The second-order valence-corrected chi connectivity index (χ2v) is 13.5. The number of likely N-dealkylation sites (tertiary alicyclic amines) is 1. The number of benzene rings is 2. The number of methoxy groups -OCH3 is 1. The molecule has 5 aromatic rings. The lowest BCUT2D eigenvalue weighted by atomic mass is 9.86. The summed E-state index contributed by atoms with van der Waals surface area (Å²) < 4.78 is 30.2. The number of para-hydroxylation sites is 1. The lowest BCUT2D eigenvalue weighted by Gasteiger charge is -2.35. The first-order valence-electron chi connectivity index (χ1n) is 17.7. The zero-order chi connectivity index (χ0) is 34.9. The highest BCUT2D eigenvalue weighted by molar-refractivity contribution is 6.04. The number of aryl methyl sites for hydroxylation is 1. The number of piperazine rings is 1. The Morgan fingerprint density at radius 3 is 2.55 bits per heavy atom. The predicted molar refractivity (Wildman–Crippen MR) is 189 cm³/mol. The van der Waals surface area contributed by atoms with E-state index >= 15 is 4.39 Å². The van der Waals surface area contributed by atoms with Gasteiger partial charge in [0.2, 0.25) is 5.91 Å². The van der Waals surface area contributed by atoms with Crippen molar-refractivity contribution in [2.75, 3.05) is 51.3 Å². The highest BCUT2D eigenvalue weighted by Crippen LogP contribution is 2.41. The summed E-state index contributed by atoms with van der Waals surface area (Å²) in [6, 6.07) is 15.1. The number of anilines is 1. The summed E-state index contributed by atoms with van der Waals surface area (Å²) in [6.45, 7) is 3.65. The molecule has 1 saturated carbocycles. The molecular formula is C38H41FN8O4. The maximum absolute atomic E-state index is 16.7. The van der Waals surface area contributed by atoms with Gasteiger partial charge >= 0.3 is 0 Å². The van der Waals surface area contributed by atoms with Gasteiger partial charge in [0, 0.05) is 75.0 Å². The summed E-state index contributed by atoms with van der Waals surface area (Å²) >= 11 is 0. The molecule has 1 atom stereocenters. The van der Waals surface area contributed by atoms with Crippen LogP contribution in [0.25, 0.3) is 22.0 Å². The summed E-state index contributed by atoms with van der Waals surface area (Å²) in [4.78, 5) is 40.8. The number of rotatable bonds is 10. The van der Waals surface area contributed by atoms with Crippen molar-refractivity contribution in [1.29, 1.82) is 0 Å². The number of aromatic nitrogens is 5. The second kappa shape index (κ2) is 14.0. The van der Waals surface area contributed by atoms with Crippen molar-refractivity contribution < 1.29 is 23.5 Å². The quantitative estimate of drug-likeness (QED) is 0.210. The fraction of sp³-hybridized carbons (Fsp3) is 0.395. The Morgan fingerprint density at radius 2 is 1.76 bits per heavy atom. The molecule has 5 heterocycles. The summed E-state index contributed by atoms with van der Waals surface area (Å²) in [7, 11) is 1.61. The fourth-order valence-corrected chi connectivity index (χ4v) is 7.33. The van der Waals surface area contributed by atoms with Gasteiger partial charge in [-0.15, -0.1) is 5.10 Å². The molecule has 12 nitrogen and oxygen atoms in total. The maximum atomic E-state index is 16.7. The molecule has 1 unspecified atom stereocenters. The molecule has 1 aliphatic carbocycles. The van der Waals surface area contributed by atoms with E-state index in [9.17, 15) is 9.59 Å². The monoisotopic (exact) mass is 692 g/mol. The number of hydrogen-bond acceptors (Lipinski definition) is 8. The number of ether oxygens (including phenoxy) is 2. The first kappa shape index (κ1) is 32.7. The van der Waals surface area contributed by atoms with Crippen molar-refractivity contribution >= 4 is 28.5 Å². The van der Waals surface area contributed by atoms with E-state index < -0.39 is 5.82 Å². The van der Waals surface area contributed by atoms with Crippen molar-refractivity contribution in [3.8, 4) is 22.6 Å². The summed E-state index contributed by atoms with van der Waals surface area (Å²) in [5, 5.41) is 8.38. The van der Waals surface area contributed by atoms with Crippen LogP contribution in [0.1, 0.15) is 54.1 Å². The van der Waals surface area contributed by atoms with Crippen LogP contribution in [-0.2, 0) is 11.3 Å². The number of piperidine rings is 1. The number of amides is 2. The number of carbonyl (C=O) groups excluding carboxylic acids is 2. The van der Waals surface area contributed by atoms with Crippen molar-refractivity contribution in [1.82, 2.24) is 34.8 Å². The third kappa shape index (κ3) is 6.72. The fourth-order valence-electron chi connectivity index (χ4n) is 7.33. The van der Waals surface area contributed by atoms with Crippen molar-refractivity contribution in [3.05, 3.63) is 84.2 Å². The zero-order valence-corrected chi connectivity index (χ0v) is 28.6. The first-order chi connectivity index (χ1) is 25.0. The summed E-state index contributed by atoms with van der Waals surface area (Å²) in [5.74, 6) is 1.43. The smallest absolute Gasteiger partial charge is 0.270 e. The molecule has 51 heavy (non-hydrogen) atoms. The second-order valence-electron chi connectivity index (χ2n) is 13.5. The molecule has 3 fully saturated rings. The van der Waals surface area contributed by atoms with Crippen LogP contribution in [0.4, 0.5) is 10.2 Å². The molecule has 3 aromatic heterocycles. The van der Waals surface area contributed by atoms with Crippen LogP contribution < -0.4 is 14.4 Å². The molecule has 2 aromatic carbocycles. The molecule has 264 valence electrons. The Balaban J connectivity index is 1.06. The Labute approximate surface area is 295 Å². The molecule has 0 spiro atoms. The van der Waals surface area contributed by atoms with Crippen molar-refractivity contribution in [3.63, 3.8) is 0 Å². The van der Waals surface area contributed by atoms with E-state index in [0.717, 1.165) is 48.4 Å². The molecule has 3 aliphatic rings. The number of hydrogen-bond donors (Lipinski definition) is 1. The Hall–Kier alpha value is -5.46. The molecule has 2 saturated heterocycles. The van der Waals surface area contributed by atoms with Gasteiger partial charge in [-0.25, -0.2) is 9.37 Å². The molecule has 8 rings (SSSR count). The van der Waals surface area contributed by atoms with Gasteiger partial charge in [0.1, 0.15) is 11.4 Å². The number of halogens is 1. The largest absolute Gasteiger partial charge is 0.496 e. The molecular weight excluding hydrogens is 651 g/mol. The van der Waals surface area contributed by atoms with Crippen LogP contribution in [-0.4, -0.2) is 99.1 Å². The number of fused-ring (bicyclic) bond motifs is 1. The van der Waals surface area contributed by atoms with Crippen LogP contribution in [0.3, 0.4) is 0 Å². The van der Waals surface area contributed by atoms with Gasteiger partial charge in [-0.3, -0.25) is 14.3 Å². The first-order valence-corrected chi connectivity index (χ1v) is 17.7. The van der Waals surface area contributed by atoms with Crippen molar-refractivity contribution in [2.24, 2.45) is 0 Å². The molecule has 0 radical (unpaired) electrons. The van der Waals surface area contributed by atoms with E-state index in [2.05, 4.69) is 25.2 Å². The van der Waals surface area contributed by atoms with Gasteiger partial charge in [-0.1, -0.05) is 23.4 Å². The van der Waals surface area contributed by atoms with Crippen LogP contribution in [0.2, 0.25) is 0 Å². The number of nitrogens with zero attached hydrogens (tertiary/aromatic N) is 7. The van der Waals surface area contributed by atoms with Gasteiger partial charge in [0.05, 0.1) is 31.5 Å². The minimum absolute atomic E-state index is 0.00389. The standard InChI is InChI=1S/C38H41FN8O4/c1-50-32-8-3-2-7-27(32)29-22-28(25-6-5-15-46(24-25)34(48)12-16-47-17-14-41-43-47)35(39)36-30(29)23-31(42-36)38(49)45-20-18-44(19-21-45)37-33(9-4-13-40-37)51-26-10-11-26/h2-4,7-9,13-14,17,22-23,25-26,42H,5-6,10-12,15-16,18-21,24H2,1H3. The van der Waals surface area contributed by atoms with E-state index in [1.807, 2.05) is 47.4 Å². The highest BCUT2D eigenvalue weighted by atomic mass is 19.1. The van der Waals surface area contributed by atoms with E-state index in [0.29, 0.717) is 68.2 Å². The molecule has 13 heteroatoms. The topological polar surface area (TPSA) is 122 Å². The molecule has 2 aliphatic heterocycles. The summed E-state index contributed by atoms with van der Waals surface area (Å²) in [6.07, 6.45) is 9.25. The molecule has 2 amide bonds. The number of nitrogens with one attached hydrogen (secondary N) is 1. The highest BCUT2D eigenvalue weighted by Gasteiger charge is 2.32. The Bertz CT molecular complexity index is 2040. The van der Waals surface area contributed by atoms with Gasteiger partial charge in [-0.2, -0.15) is 0 Å². The third-order valence-corrected chi connectivity index (χ3v) is 10.2. The zero-order valence-electron chi connectivity index (χ0n) is 28.6. The minimum atomic E-state index is -0.396.